The molecule has 0 aromatic heterocycles. The third-order valence-electron chi connectivity index (χ3n) is 12.0. The molecule has 0 radical (unpaired) electrons. The molecule has 3 unspecified atom stereocenters. The molecular weight excluding hydrogens is 816 g/mol. The average Bonchev–Trinajstić information content (AvgIpc) is 3.25. The highest BCUT2D eigenvalue weighted by atomic mass is 31.2. The summed E-state index contributed by atoms with van der Waals surface area (Å²) < 4.78 is 23.2. The molecule has 8 nitrogen and oxygen atoms in total. The molecule has 64 heavy (non-hydrogen) atoms. The number of aliphatic hydroxyl groups is 1. The molecule has 1 amide bonds. The fourth-order valence-corrected chi connectivity index (χ4v) is 8.45. The molecule has 0 saturated heterocycles. The summed E-state index contributed by atoms with van der Waals surface area (Å²) in [6.07, 6.45) is 60.6. The van der Waals surface area contributed by atoms with Gasteiger partial charge in [0, 0.05) is 6.42 Å². The largest absolute Gasteiger partial charge is 0.756 e. The minimum Gasteiger partial charge on any atom is -0.756 e. The Hall–Kier alpha value is -1.54. The van der Waals surface area contributed by atoms with Crippen molar-refractivity contribution < 1.29 is 32.9 Å². The van der Waals surface area contributed by atoms with Crippen LogP contribution in [0, 0.1) is 0 Å². The van der Waals surface area contributed by atoms with Crippen LogP contribution in [0.5, 0.6) is 0 Å². The number of aliphatic hydroxyl groups excluding tert-OH is 1. The van der Waals surface area contributed by atoms with E-state index in [4.69, 9.17) is 9.05 Å². The van der Waals surface area contributed by atoms with Crippen molar-refractivity contribution in [3.05, 3.63) is 48.6 Å². The molecule has 0 fully saturated rings. The average molecular weight is 921 g/mol. The van der Waals surface area contributed by atoms with Gasteiger partial charge in [0.15, 0.2) is 0 Å². The number of nitrogens with one attached hydrogen (secondary N) is 1. The Morgan fingerprint density at radius 2 is 0.922 bits per heavy atom. The van der Waals surface area contributed by atoms with Gasteiger partial charge in [-0.3, -0.25) is 9.36 Å². The number of amides is 1. The number of carbonyl (C=O) groups excluding carboxylic acids is 1. The maximum absolute atomic E-state index is 12.9. The third-order valence-corrected chi connectivity index (χ3v) is 13.0. The molecule has 0 aliphatic rings. The molecule has 0 aromatic rings. The van der Waals surface area contributed by atoms with Crippen LogP contribution in [0.4, 0.5) is 0 Å². The molecule has 9 heteroatoms. The van der Waals surface area contributed by atoms with E-state index in [2.05, 4.69) is 55.6 Å². The van der Waals surface area contributed by atoms with Crippen molar-refractivity contribution in [1.82, 2.24) is 5.32 Å². The zero-order valence-corrected chi connectivity index (χ0v) is 43.6. The van der Waals surface area contributed by atoms with Gasteiger partial charge in [0.25, 0.3) is 7.82 Å². The lowest BCUT2D eigenvalue weighted by molar-refractivity contribution is -0.870. The van der Waals surface area contributed by atoms with Gasteiger partial charge in [0.1, 0.15) is 13.2 Å². The first-order chi connectivity index (χ1) is 31.0. The number of unbranched alkanes of at least 4 members (excludes halogenated alkanes) is 30. The van der Waals surface area contributed by atoms with Crippen molar-refractivity contribution in [1.29, 1.82) is 0 Å². The van der Waals surface area contributed by atoms with Gasteiger partial charge < -0.3 is 28.8 Å². The summed E-state index contributed by atoms with van der Waals surface area (Å²) >= 11 is 0. The first-order valence-electron chi connectivity index (χ1n) is 27.0. The standard InChI is InChI=1S/C55H105N2O6P/c1-6-8-10-12-14-16-18-19-20-21-22-23-24-25-26-27-28-29-30-31-32-33-34-35-36-37-39-41-43-45-47-49-55(59)56-53(52-63-64(60,61)62-51-50-57(3,4)5)54(58)48-46-44-42-40-38-17-15-13-11-9-7-2/h22-23,25-26,38,40,46,48,53-54,58H,6-21,24,27-37,39,41-45,47,49-52H2,1-5H3,(H-,56,59,60,61)/b23-22-,26-25-,40-38+,48-46+. The van der Waals surface area contributed by atoms with Gasteiger partial charge >= 0.3 is 0 Å². The van der Waals surface area contributed by atoms with Gasteiger partial charge in [-0.25, -0.2) is 0 Å². The van der Waals surface area contributed by atoms with Crippen LogP contribution in [-0.4, -0.2) is 68.5 Å². The number of hydrogen-bond donors (Lipinski definition) is 2. The lowest BCUT2D eigenvalue weighted by atomic mass is 10.0. The predicted octanol–water partition coefficient (Wildman–Crippen LogP) is 15.3. The van der Waals surface area contributed by atoms with E-state index in [-0.39, 0.29) is 12.5 Å². The topological polar surface area (TPSA) is 108 Å². The molecule has 3 atom stereocenters. The Labute approximate surface area is 397 Å². The summed E-state index contributed by atoms with van der Waals surface area (Å²) in [5, 5.41) is 13.8. The van der Waals surface area contributed by atoms with E-state index in [1.54, 1.807) is 6.08 Å². The number of likely N-dealkylation sites (N-methyl/N-ethyl adjacent to an activating group) is 1. The molecule has 0 aliphatic carbocycles. The highest BCUT2D eigenvalue weighted by molar-refractivity contribution is 7.45. The molecule has 0 bridgehead atoms. The quantitative estimate of drug-likeness (QED) is 0.0272. The summed E-state index contributed by atoms with van der Waals surface area (Å²) in [7, 11) is 1.24. The molecular formula is C55H105N2O6P. The SMILES string of the molecule is CCCCCCC/C=C/CC/C=C/C(O)C(COP(=O)([O-])OCC[N+](C)(C)C)NC(=O)CCCCCCCCCCCCCCCCC/C=C\C/C=C\CCCCCCCCCCC. The van der Waals surface area contributed by atoms with Crippen LogP contribution >= 0.6 is 7.82 Å². The van der Waals surface area contributed by atoms with Crippen LogP contribution in [0.3, 0.4) is 0 Å². The molecule has 2 N–H and O–H groups in total. The number of quaternary nitrogens is 1. The van der Waals surface area contributed by atoms with E-state index in [9.17, 15) is 19.4 Å². The molecule has 0 spiro atoms. The zero-order chi connectivity index (χ0) is 47.1. The van der Waals surface area contributed by atoms with Crippen molar-refractivity contribution in [2.45, 2.75) is 257 Å². The Morgan fingerprint density at radius 3 is 1.36 bits per heavy atom. The Kier molecular flexibility index (Phi) is 45.4. The monoisotopic (exact) mass is 921 g/mol. The lowest BCUT2D eigenvalue weighted by Gasteiger charge is -2.29. The van der Waals surface area contributed by atoms with Crippen LogP contribution < -0.4 is 10.2 Å². The maximum atomic E-state index is 12.9. The first kappa shape index (κ1) is 62.5. The van der Waals surface area contributed by atoms with Gasteiger partial charge in [0.2, 0.25) is 5.91 Å². The van der Waals surface area contributed by atoms with E-state index in [0.29, 0.717) is 17.4 Å². The number of nitrogens with zero attached hydrogens (tertiary/aromatic N) is 1. The highest BCUT2D eigenvalue weighted by Gasteiger charge is 2.23. The number of allylic oxidation sites excluding steroid dienone is 7. The van der Waals surface area contributed by atoms with Crippen LogP contribution in [0.1, 0.15) is 245 Å². The smallest absolute Gasteiger partial charge is 0.268 e. The second-order valence-corrected chi connectivity index (χ2v) is 21.0. The number of phosphoric acid groups is 1. The lowest BCUT2D eigenvalue weighted by Crippen LogP contribution is -2.45. The molecule has 0 aromatic carbocycles. The summed E-state index contributed by atoms with van der Waals surface area (Å²) in [6, 6.07) is -0.902. The molecule has 0 saturated carbocycles. The predicted molar refractivity (Wildman–Crippen MR) is 274 cm³/mol. The van der Waals surface area contributed by atoms with Crippen LogP contribution in [0.15, 0.2) is 48.6 Å². The van der Waals surface area contributed by atoms with Crippen LogP contribution in [0.25, 0.3) is 0 Å². The number of hydrogen-bond acceptors (Lipinski definition) is 6. The minimum atomic E-state index is -4.60. The van der Waals surface area contributed by atoms with Crippen molar-refractivity contribution in [3.8, 4) is 0 Å². The van der Waals surface area contributed by atoms with E-state index in [0.717, 1.165) is 44.9 Å². The summed E-state index contributed by atoms with van der Waals surface area (Å²) in [6.45, 7) is 4.61. The van der Waals surface area contributed by atoms with E-state index in [1.807, 2.05) is 27.2 Å². The summed E-state index contributed by atoms with van der Waals surface area (Å²) in [5.74, 6) is -0.208. The molecule has 376 valence electrons. The Bertz CT molecular complexity index is 1180. The number of phosphoric ester groups is 1. The highest BCUT2D eigenvalue weighted by Crippen LogP contribution is 2.38. The molecule has 0 rings (SSSR count). The summed E-state index contributed by atoms with van der Waals surface area (Å²) in [4.78, 5) is 25.4. The number of carbonyl (C=O) groups is 1. The van der Waals surface area contributed by atoms with Gasteiger partial charge in [-0.2, -0.15) is 0 Å². The van der Waals surface area contributed by atoms with Crippen molar-refractivity contribution in [2.75, 3.05) is 40.9 Å². The van der Waals surface area contributed by atoms with E-state index >= 15 is 0 Å². The summed E-state index contributed by atoms with van der Waals surface area (Å²) in [5.41, 5.74) is 0. The second-order valence-electron chi connectivity index (χ2n) is 19.6. The van der Waals surface area contributed by atoms with Gasteiger partial charge in [-0.05, 0) is 64.2 Å². The Morgan fingerprint density at radius 1 is 0.547 bits per heavy atom. The molecule has 0 aliphatic heterocycles. The third kappa shape index (κ3) is 48.4. The fourth-order valence-electron chi connectivity index (χ4n) is 7.73. The van der Waals surface area contributed by atoms with Crippen molar-refractivity contribution >= 4 is 13.7 Å². The minimum absolute atomic E-state index is 0.00682. The fraction of sp³-hybridized carbons (Fsp3) is 0.836. The van der Waals surface area contributed by atoms with Gasteiger partial charge in [-0.15, -0.1) is 0 Å². The molecule has 0 heterocycles. The van der Waals surface area contributed by atoms with Gasteiger partial charge in [0.05, 0.1) is 39.9 Å². The van der Waals surface area contributed by atoms with E-state index in [1.165, 1.54) is 180 Å². The normalized spacial score (nSPS) is 14.4. The van der Waals surface area contributed by atoms with Crippen molar-refractivity contribution in [2.24, 2.45) is 0 Å². The second kappa shape index (κ2) is 46.6. The zero-order valence-electron chi connectivity index (χ0n) is 42.7. The van der Waals surface area contributed by atoms with Gasteiger partial charge in [-0.1, -0.05) is 223 Å². The van der Waals surface area contributed by atoms with Crippen molar-refractivity contribution in [3.63, 3.8) is 0 Å². The Balaban J connectivity index is 4.05. The van der Waals surface area contributed by atoms with E-state index < -0.39 is 26.6 Å². The van der Waals surface area contributed by atoms with Crippen LogP contribution in [0.2, 0.25) is 0 Å². The number of rotatable bonds is 49. The first-order valence-corrected chi connectivity index (χ1v) is 28.5. The maximum Gasteiger partial charge on any atom is 0.268 e. The van der Waals surface area contributed by atoms with Crippen LogP contribution in [-0.2, 0) is 18.4 Å².